The molecular formula is C19H20N2S. The normalized spacial score (nSPS) is 10.3. The van der Waals surface area contributed by atoms with Gasteiger partial charge in [0.15, 0.2) is 0 Å². The highest BCUT2D eigenvalue weighted by atomic mass is 32.1. The molecule has 0 amide bonds. The van der Waals surface area contributed by atoms with Gasteiger partial charge in [-0.25, -0.2) is 0 Å². The van der Waals surface area contributed by atoms with E-state index in [9.17, 15) is 0 Å². The van der Waals surface area contributed by atoms with Gasteiger partial charge in [0.1, 0.15) is 0 Å². The number of benzene rings is 2. The van der Waals surface area contributed by atoms with Crippen LogP contribution in [0, 0.1) is 20.8 Å². The Bertz CT molecular complexity index is 696. The van der Waals surface area contributed by atoms with Crippen molar-refractivity contribution in [2.45, 2.75) is 20.8 Å². The van der Waals surface area contributed by atoms with Gasteiger partial charge in [0.25, 0.3) is 0 Å². The van der Waals surface area contributed by atoms with Crippen LogP contribution in [0.15, 0.2) is 77.0 Å². The summed E-state index contributed by atoms with van der Waals surface area (Å²) in [6.07, 6.45) is 0. The van der Waals surface area contributed by atoms with Crippen LogP contribution in [0.3, 0.4) is 0 Å². The average molecular weight is 308 g/mol. The monoisotopic (exact) mass is 308 g/mol. The number of hydrogen-bond donors (Lipinski definition) is 0. The van der Waals surface area contributed by atoms with Gasteiger partial charge in [-0.05, 0) is 57.2 Å². The second kappa shape index (κ2) is 8.25. The quantitative estimate of drug-likeness (QED) is 0.466. The van der Waals surface area contributed by atoms with Crippen LogP contribution >= 0.6 is 11.3 Å². The Balaban J connectivity index is 0.000000211. The van der Waals surface area contributed by atoms with Crippen LogP contribution in [0.2, 0.25) is 0 Å². The molecule has 0 saturated heterocycles. The Labute approximate surface area is 136 Å². The van der Waals surface area contributed by atoms with Crippen molar-refractivity contribution in [3.05, 3.63) is 82.0 Å². The minimum atomic E-state index is 0.873. The molecule has 3 aromatic rings. The van der Waals surface area contributed by atoms with Crippen LogP contribution in [-0.2, 0) is 0 Å². The lowest BCUT2D eigenvalue weighted by Crippen LogP contribution is -1.68. The molecule has 2 nitrogen and oxygen atoms in total. The zero-order valence-electron chi connectivity index (χ0n) is 13.2. The topological polar surface area (TPSA) is 24.7 Å². The minimum Gasteiger partial charge on any atom is -0.151 e. The summed E-state index contributed by atoms with van der Waals surface area (Å²) in [5, 5.41) is 8.27. The third kappa shape index (κ3) is 5.62. The Morgan fingerprint density at radius 3 is 1.55 bits per heavy atom. The zero-order chi connectivity index (χ0) is 15.8. The van der Waals surface area contributed by atoms with Crippen LogP contribution in [0.5, 0.6) is 0 Å². The number of hydrogen-bond acceptors (Lipinski definition) is 3. The summed E-state index contributed by atoms with van der Waals surface area (Å²) < 4.78 is 0. The van der Waals surface area contributed by atoms with Gasteiger partial charge in [-0.3, -0.25) is 0 Å². The molecule has 112 valence electrons. The lowest BCUT2D eigenvalue weighted by molar-refractivity contribution is 1.23. The van der Waals surface area contributed by atoms with Crippen molar-refractivity contribution < 1.29 is 0 Å². The van der Waals surface area contributed by atoms with Crippen LogP contribution in [0.4, 0.5) is 11.4 Å². The van der Waals surface area contributed by atoms with Crippen LogP contribution < -0.4 is 0 Å². The maximum Gasteiger partial charge on any atom is 0.0857 e. The predicted octanol–water partition coefficient (Wildman–Crippen LogP) is 6.78. The smallest absolute Gasteiger partial charge is 0.0857 e. The van der Waals surface area contributed by atoms with E-state index in [-0.39, 0.29) is 0 Å². The molecule has 0 aliphatic rings. The highest BCUT2D eigenvalue weighted by Crippen LogP contribution is 2.17. The number of thiophene rings is 1. The van der Waals surface area contributed by atoms with Crippen molar-refractivity contribution in [2.24, 2.45) is 10.2 Å². The van der Waals surface area contributed by atoms with Gasteiger partial charge in [-0.2, -0.15) is 10.2 Å². The Morgan fingerprint density at radius 1 is 0.591 bits per heavy atom. The standard InChI is InChI=1S/C13H12N2.C6H8S/c1-11-7-9-13(10-8-11)15-14-12-5-3-2-4-6-12;1-5-3-4-6(2)7-5/h2-10H,1H3;3-4H,1-2H3. The van der Waals surface area contributed by atoms with Crippen molar-refractivity contribution in [1.82, 2.24) is 0 Å². The van der Waals surface area contributed by atoms with E-state index < -0.39 is 0 Å². The molecule has 0 saturated carbocycles. The largest absolute Gasteiger partial charge is 0.151 e. The van der Waals surface area contributed by atoms with Crippen LogP contribution in [0.25, 0.3) is 0 Å². The molecule has 0 atom stereocenters. The first-order chi connectivity index (χ1) is 10.6. The number of aryl methyl sites for hydroxylation is 3. The summed E-state index contributed by atoms with van der Waals surface area (Å²) >= 11 is 1.84. The summed E-state index contributed by atoms with van der Waals surface area (Å²) in [4.78, 5) is 2.80. The highest BCUT2D eigenvalue weighted by Gasteiger charge is 1.89. The number of nitrogens with zero attached hydrogens (tertiary/aromatic N) is 2. The molecule has 0 unspecified atom stereocenters. The molecule has 1 aromatic heterocycles. The first-order valence-corrected chi connectivity index (χ1v) is 8.01. The van der Waals surface area contributed by atoms with E-state index in [1.54, 1.807) is 0 Å². The van der Waals surface area contributed by atoms with Crippen LogP contribution in [-0.4, -0.2) is 0 Å². The summed E-state index contributed by atoms with van der Waals surface area (Å²) in [6, 6.07) is 22.0. The molecular weight excluding hydrogens is 288 g/mol. The van der Waals surface area contributed by atoms with Gasteiger partial charge in [-0.15, -0.1) is 11.3 Å². The fraction of sp³-hybridized carbons (Fsp3) is 0.158. The lowest BCUT2D eigenvalue weighted by Gasteiger charge is -1.93. The third-order valence-electron chi connectivity index (χ3n) is 2.95. The molecule has 1 heterocycles. The summed E-state index contributed by atoms with van der Waals surface area (Å²) in [7, 11) is 0. The lowest BCUT2D eigenvalue weighted by atomic mass is 10.2. The summed E-state index contributed by atoms with van der Waals surface area (Å²) in [5.74, 6) is 0. The van der Waals surface area contributed by atoms with E-state index in [4.69, 9.17) is 0 Å². The minimum absolute atomic E-state index is 0.873. The van der Waals surface area contributed by atoms with E-state index in [1.807, 2.05) is 65.9 Å². The van der Waals surface area contributed by atoms with E-state index in [0.717, 1.165) is 11.4 Å². The molecule has 0 radical (unpaired) electrons. The molecule has 0 bridgehead atoms. The van der Waals surface area contributed by atoms with Crippen molar-refractivity contribution in [3.8, 4) is 0 Å². The molecule has 0 spiro atoms. The molecule has 0 aliphatic carbocycles. The summed E-state index contributed by atoms with van der Waals surface area (Å²) in [6.45, 7) is 6.30. The molecule has 0 aliphatic heterocycles. The molecule has 0 N–H and O–H groups in total. The van der Waals surface area contributed by atoms with Gasteiger partial charge >= 0.3 is 0 Å². The predicted molar refractivity (Wildman–Crippen MR) is 95.6 cm³/mol. The SMILES string of the molecule is Cc1ccc(C)s1.Cc1ccc(N=Nc2ccccc2)cc1. The third-order valence-corrected chi connectivity index (χ3v) is 3.86. The molecule has 3 rings (SSSR count). The maximum absolute atomic E-state index is 4.14. The Hall–Kier alpha value is -2.26. The number of azo groups is 1. The fourth-order valence-corrected chi connectivity index (χ4v) is 2.56. The molecule has 3 heteroatoms. The maximum atomic E-state index is 4.14. The zero-order valence-corrected chi connectivity index (χ0v) is 14.0. The Morgan fingerprint density at radius 2 is 1.09 bits per heavy atom. The first-order valence-electron chi connectivity index (χ1n) is 7.20. The molecule has 22 heavy (non-hydrogen) atoms. The first kappa shape index (κ1) is 16.1. The molecule has 0 fully saturated rings. The fourth-order valence-electron chi connectivity index (χ4n) is 1.78. The van der Waals surface area contributed by atoms with Gasteiger partial charge < -0.3 is 0 Å². The van der Waals surface area contributed by atoms with Gasteiger partial charge in [-0.1, -0.05) is 35.9 Å². The van der Waals surface area contributed by atoms with Gasteiger partial charge in [0.2, 0.25) is 0 Å². The number of rotatable bonds is 2. The van der Waals surface area contributed by atoms with Gasteiger partial charge in [0.05, 0.1) is 11.4 Å². The van der Waals surface area contributed by atoms with E-state index in [1.165, 1.54) is 15.3 Å². The van der Waals surface area contributed by atoms with Crippen molar-refractivity contribution in [2.75, 3.05) is 0 Å². The van der Waals surface area contributed by atoms with Gasteiger partial charge in [0, 0.05) is 9.75 Å². The van der Waals surface area contributed by atoms with E-state index in [0.29, 0.717) is 0 Å². The molecule has 2 aromatic carbocycles. The van der Waals surface area contributed by atoms with Crippen LogP contribution in [0.1, 0.15) is 15.3 Å². The van der Waals surface area contributed by atoms with E-state index in [2.05, 4.69) is 43.1 Å². The van der Waals surface area contributed by atoms with Crippen molar-refractivity contribution in [1.29, 1.82) is 0 Å². The summed E-state index contributed by atoms with van der Waals surface area (Å²) in [5.41, 5.74) is 2.98. The Kier molecular flexibility index (Phi) is 6.04. The second-order valence-electron chi connectivity index (χ2n) is 5.03. The van der Waals surface area contributed by atoms with E-state index >= 15 is 0 Å². The second-order valence-corrected chi connectivity index (χ2v) is 6.52. The highest BCUT2D eigenvalue weighted by molar-refractivity contribution is 7.11. The van der Waals surface area contributed by atoms with Crippen molar-refractivity contribution >= 4 is 22.7 Å². The van der Waals surface area contributed by atoms with Crippen molar-refractivity contribution in [3.63, 3.8) is 0 Å². The average Bonchev–Trinajstić information content (AvgIpc) is 2.92.